The van der Waals surface area contributed by atoms with E-state index in [1.165, 1.54) is 0 Å². The fourth-order valence-electron chi connectivity index (χ4n) is 0.649. The van der Waals surface area contributed by atoms with E-state index in [1.54, 1.807) is 0 Å². The standard InChI is InChI=1S/C5H11N2.Rb/c1-5-2-3-6-4-7-5;/h3,5-7H,2,4H2,1H3;/q-1;+1. The van der Waals surface area contributed by atoms with Crippen molar-refractivity contribution in [1.82, 2.24) is 10.6 Å². The van der Waals surface area contributed by atoms with Crippen LogP contribution in [0.3, 0.4) is 0 Å². The summed E-state index contributed by atoms with van der Waals surface area (Å²) in [6, 6.07) is 0.668. The number of hydrogen-bond acceptors (Lipinski definition) is 2. The molecule has 2 N–H and O–H groups in total. The van der Waals surface area contributed by atoms with Crippen LogP contribution < -0.4 is 68.8 Å². The van der Waals surface area contributed by atoms with E-state index in [1.807, 2.05) is 0 Å². The van der Waals surface area contributed by atoms with Crippen LogP contribution in [0, 0.1) is 6.54 Å². The molecule has 1 aliphatic rings. The van der Waals surface area contributed by atoms with Crippen molar-refractivity contribution >= 4 is 0 Å². The van der Waals surface area contributed by atoms with Gasteiger partial charge in [0.15, 0.2) is 0 Å². The largest absolute Gasteiger partial charge is 1.00 e. The molecule has 1 unspecified atom stereocenters. The Morgan fingerprint density at radius 3 is 2.62 bits per heavy atom. The van der Waals surface area contributed by atoms with Gasteiger partial charge in [0.05, 0.1) is 0 Å². The van der Waals surface area contributed by atoms with Crippen molar-refractivity contribution in [3.63, 3.8) is 0 Å². The Morgan fingerprint density at radius 2 is 2.38 bits per heavy atom. The first-order valence-corrected chi connectivity index (χ1v) is 2.68. The maximum Gasteiger partial charge on any atom is 1.00 e. The molecule has 1 saturated heterocycles. The fraction of sp³-hybridized carbons (Fsp3) is 0.800. The number of rotatable bonds is 0. The molecule has 0 aromatic heterocycles. The van der Waals surface area contributed by atoms with Gasteiger partial charge < -0.3 is 10.6 Å². The van der Waals surface area contributed by atoms with E-state index in [9.17, 15) is 0 Å². The molecule has 1 rings (SSSR count). The molecule has 0 spiro atoms. The van der Waals surface area contributed by atoms with Crippen molar-refractivity contribution < 1.29 is 58.2 Å². The minimum absolute atomic E-state index is 0. The molecular formula is C5H11N2Rb. The van der Waals surface area contributed by atoms with E-state index in [0.29, 0.717) is 6.04 Å². The fourth-order valence-corrected chi connectivity index (χ4v) is 0.649. The molecule has 0 aliphatic carbocycles. The maximum absolute atomic E-state index is 3.24. The molecule has 0 saturated carbocycles. The molecule has 0 aromatic carbocycles. The third kappa shape index (κ3) is 3.69. The molecule has 1 atom stereocenters. The van der Waals surface area contributed by atoms with Crippen molar-refractivity contribution in [2.45, 2.75) is 19.4 Å². The summed E-state index contributed by atoms with van der Waals surface area (Å²) in [6.45, 7) is 5.21. The summed E-state index contributed by atoms with van der Waals surface area (Å²) >= 11 is 0. The quantitative estimate of drug-likeness (QED) is 0.395. The van der Waals surface area contributed by atoms with Gasteiger partial charge in [-0.1, -0.05) is 6.92 Å². The van der Waals surface area contributed by atoms with Crippen LogP contribution in [0.15, 0.2) is 0 Å². The van der Waals surface area contributed by atoms with Crippen LogP contribution in [0.2, 0.25) is 0 Å². The van der Waals surface area contributed by atoms with E-state index < -0.39 is 0 Å². The van der Waals surface area contributed by atoms with E-state index in [-0.39, 0.29) is 58.2 Å². The van der Waals surface area contributed by atoms with Gasteiger partial charge in [0, 0.05) is 6.67 Å². The average Bonchev–Trinajstić information content (AvgIpc) is 1.69. The summed E-state index contributed by atoms with van der Waals surface area (Å²) < 4.78 is 0. The molecule has 0 bridgehead atoms. The zero-order chi connectivity index (χ0) is 5.11. The Labute approximate surface area is 99.6 Å². The second-order valence-corrected chi connectivity index (χ2v) is 1.93. The van der Waals surface area contributed by atoms with E-state index in [0.717, 1.165) is 13.1 Å². The Hall–Kier alpha value is 1.73. The molecule has 3 heteroatoms. The van der Waals surface area contributed by atoms with Gasteiger partial charge >= 0.3 is 58.2 Å². The SMILES string of the molecule is CC1C[CH-]NCN1.[Rb+]. The van der Waals surface area contributed by atoms with Crippen LogP contribution in [-0.2, 0) is 0 Å². The normalized spacial score (nSPS) is 28.9. The minimum atomic E-state index is 0. The van der Waals surface area contributed by atoms with Gasteiger partial charge in [-0.3, -0.25) is 6.54 Å². The van der Waals surface area contributed by atoms with Crippen LogP contribution in [0.25, 0.3) is 0 Å². The number of hydrogen-bond donors (Lipinski definition) is 2. The summed E-state index contributed by atoms with van der Waals surface area (Å²) in [5, 5.41) is 6.32. The summed E-state index contributed by atoms with van der Waals surface area (Å²) in [6.07, 6.45) is 1.14. The van der Waals surface area contributed by atoms with Crippen molar-refractivity contribution in [3.8, 4) is 0 Å². The Balaban J connectivity index is 0.000000490. The monoisotopic (exact) mass is 184 g/mol. The van der Waals surface area contributed by atoms with Crippen LogP contribution in [-0.4, -0.2) is 12.7 Å². The summed E-state index contributed by atoms with van der Waals surface area (Å²) in [5.41, 5.74) is 0. The molecule has 0 aromatic rings. The second kappa shape index (κ2) is 5.51. The van der Waals surface area contributed by atoms with E-state index >= 15 is 0 Å². The third-order valence-electron chi connectivity index (χ3n) is 1.17. The smallest absolute Gasteiger partial charge is 0.458 e. The van der Waals surface area contributed by atoms with Crippen molar-refractivity contribution in [1.29, 1.82) is 0 Å². The molecule has 1 heterocycles. The first-order valence-electron chi connectivity index (χ1n) is 2.68. The first kappa shape index (κ1) is 9.73. The molecule has 2 nitrogen and oxygen atoms in total. The first-order chi connectivity index (χ1) is 3.39. The second-order valence-electron chi connectivity index (χ2n) is 1.93. The Morgan fingerprint density at radius 1 is 1.62 bits per heavy atom. The maximum atomic E-state index is 3.24. The average molecular weight is 185 g/mol. The van der Waals surface area contributed by atoms with Crippen LogP contribution >= 0.6 is 0 Å². The molecule has 0 amide bonds. The van der Waals surface area contributed by atoms with Gasteiger partial charge in [0.1, 0.15) is 0 Å². The van der Waals surface area contributed by atoms with Crippen LogP contribution in [0.1, 0.15) is 13.3 Å². The van der Waals surface area contributed by atoms with E-state index in [2.05, 4.69) is 24.1 Å². The van der Waals surface area contributed by atoms with Crippen molar-refractivity contribution in [2.75, 3.05) is 6.67 Å². The van der Waals surface area contributed by atoms with Crippen LogP contribution in [0.5, 0.6) is 0 Å². The summed E-state index contributed by atoms with van der Waals surface area (Å²) in [7, 11) is 0. The zero-order valence-corrected chi connectivity index (χ0v) is 10.5. The third-order valence-corrected chi connectivity index (χ3v) is 1.17. The summed E-state index contributed by atoms with van der Waals surface area (Å²) in [5.74, 6) is 0. The van der Waals surface area contributed by atoms with E-state index in [4.69, 9.17) is 0 Å². The number of nitrogens with one attached hydrogen (secondary N) is 2. The Bertz CT molecular complexity index is 52.4. The molecule has 1 aliphatic heterocycles. The van der Waals surface area contributed by atoms with Crippen molar-refractivity contribution in [3.05, 3.63) is 6.54 Å². The van der Waals surface area contributed by atoms with Gasteiger partial charge in [-0.15, -0.1) is 0 Å². The molecular weight excluding hydrogens is 174 g/mol. The zero-order valence-electron chi connectivity index (χ0n) is 5.57. The van der Waals surface area contributed by atoms with Gasteiger partial charge in [0.2, 0.25) is 0 Å². The molecule has 42 valence electrons. The van der Waals surface area contributed by atoms with Gasteiger partial charge in [0.25, 0.3) is 0 Å². The van der Waals surface area contributed by atoms with Gasteiger partial charge in [-0.05, 0) is 6.04 Å². The predicted octanol–water partition coefficient (Wildman–Crippen LogP) is -2.92. The topological polar surface area (TPSA) is 24.1 Å². The molecule has 8 heavy (non-hydrogen) atoms. The minimum Gasteiger partial charge on any atom is -0.458 e. The van der Waals surface area contributed by atoms with Gasteiger partial charge in [-0.2, -0.15) is 6.42 Å². The van der Waals surface area contributed by atoms with Crippen LogP contribution in [0.4, 0.5) is 0 Å². The Kier molecular flexibility index (Phi) is 6.69. The van der Waals surface area contributed by atoms with Crippen molar-refractivity contribution in [2.24, 2.45) is 0 Å². The predicted molar refractivity (Wildman–Crippen MR) is 29.5 cm³/mol. The molecule has 0 radical (unpaired) electrons. The molecule has 1 fully saturated rings. The van der Waals surface area contributed by atoms with Gasteiger partial charge in [-0.25, -0.2) is 0 Å². The summed E-state index contributed by atoms with van der Waals surface area (Å²) in [4.78, 5) is 0.